The fourth-order valence-corrected chi connectivity index (χ4v) is 4.22. The third kappa shape index (κ3) is 4.59. The number of ketones is 1. The second-order valence-corrected chi connectivity index (χ2v) is 8.63. The number of nitrogens with zero attached hydrogens (tertiary/aromatic N) is 2. The van der Waals surface area contributed by atoms with Crippen LogP contribution in [0.4, 0.5) is 0 Å². The molecule has 33 heavy (non-hydrogen) atoms. The van der Waals surface area contributed by atoms with E-state index in [1.165, 1.54) is 0 Å². The molecule has 0 bridgehead atoms. The normalized spacial score (nSPS) is 19.2. The Morgan fingerprint density at radius 1 is 1.18 bits per heavy atom. The van der Waals surface area contributed by atoms with Gasteiger partial charge in [0.05, 0.1) is 24.8 Å². The van der Waals surface area contributed by atoms with Gasteiger partial charge in [-0.05, 0) is 62.0 Å². The number of fused-ring (bicyclic) bond motifs is 1. The quantitative estimate of drug-likeness (QED) is 0.377. The van der Waals surface area contributed by atoms with Crippen LogP contribution in [0.25, 0.3) is 5.76 Å². The Kier molecular flexibility index (Phi) is 6.70. The Morgan fingerprint density at radius 2 is 1.94 bits per heavy atom. The summed E-state index contributed by atoms with van der Waals surface area (Å²) in [6.07, 6.45) is 1.65. The van der Waals surface area contributed by atoms with Crippen LogP contribution in [0.5, 0.6) is 11.5 Å². The topological polar surface area (TPSA) is 79.3 Å². The highest BCUT2D eigenvalue weighted by Gasteiger charge is 2.46. The van der Waals surface area contributed by atoms with Crippen molar-refractivity contribution >= 4 is 17.4 Å². The van der Waals surface area contributed by atoms with Crippen LogP contribution in [0.2, 0.25) is 0 Å². The number of ether oxygens (including phenoxy) is 2. The number of carbonyl (C=O) groups excluding carboxylic acids is 2. The first-order valence-corrected chi connectivity index (χ1v) is 11.3. The average Bonchev–Trinajstić information content (AvgIpc) is 3.38. The molecule has 1 atom stereocenters. The van der Waals surface area contributed by atoms with Gasteiger partial charge >= 0.3 is 0 Å². The summed E-state index contributed by atoms with van der Waals surface area (Å²) in [5.41, 5.74) is 2.36. The molecule has 0 saturated carbocycles. The fourth-order valence-electron chi connectivity index (χ4n) is 4.22. The van der Waals surface area contributed by atoms with Crippen LogP contribution < -0.4 is 9.47 Å². The third-order valence-corrected chi connectivity index (χ3v) is 5.96. The third-order valence-electron chi connectivity index (χ3n) is 5.96. The fraction of sp³-hybridized carbons (Fsp3) is 0.385. The molecule has 2 aromatic carbocycles. The lowest BCUT2D eigenvalue weighted by atomic mass is 9.94. The molecule has 1 fully saturated rings. The average molecular weight is 451 g/mol. The highest BCUT2D eigenvalue weighted by molar-refractivity contribution is 6.46. The molecule has 7 heteroatoms. The van der Waals surface area contributed by atoms with Crippen LogP contribution in [-0.2, 0) is 16.0 Å². The number of hydrogen-bond acceptors (Lipinski definition) is 6. The van der Waals surface area contributed by atoms with E-state index in [1.54, 1.807) is 17.0 Å². The number of Topliss-reactive ketones (excluding diaryl/α,β-unsaturated/α-hetero) is 1. The number of likely N-dealkylation sites (N-methyl/N-ethyl adjacent to an activating group) is 1. The highest BCUT2D eigenvalue weighted by Crippen LogP contribution is 2.40. The zero-order valence-corrected chi connectivity index (χ0v) is 19.3. The number of benzene rings is 2. The number of amides is 1. The number of likely N-dealkylation sites (tertiary alicyclic amines) is 1. The molecule has 1 unspecified atom stereocenters. The molecular weight excluding hydrogens is 420 g/mol. The van der Waals surface area contributed by atoms with E-state index in [0.717, 1.165) is 35.5 Å². The standard InChI is InChI=1S/C26H30N2O5/c1-4-14-32-20-8-5-17(6-9-20)23-22(25(30)26(31)28(23)13-12-27(2)3)24(29)19-7-10-21-18(16-19)11-15-33-21/h5-10,16,23,29H,4,11-15H2,1-3H3/b24-22-. The van der Waals surface area contributed by atoms with Crippen LogP contribution in [-0.4, -0.2) is 67.0 Å². The van der Waals surface area contributed by atoms with E-state index in [1.807, 2.05) is 56.3 Å². The van der Waals surface area contributed by atoms with Crippen molar-refractivity contribution in [1.29, 1.82) is 0 Å². The smallest absolute Gasteiger partial charge is 0.295 e. The molecule has 4 rings (SSSR count). The van der Waals surface area contributed by atoms with Gasteiger partial charge in [-0.2, -0.15) is 0 Å². The maximum atomic E-state index is 13.1. The van der Waals surface area contributed by atoms with Crippen molar-refractivity contribution in [2.75, 3.05) is 40.4 Å². The van der Waals surface area contributed by atoms with Gasteiger partial charge in [-0.25, -0.2) is 0 Å². The second kappa shape index (κ2) is 9.67. The van der Waals surface area contributed by atoms with Gasteiger partial charge in [0, 0.05) is 25.1 Å². The lowest BCUT2D eigenvalue weighted by Gasteiger charge is -2.26. The maximum absolute atomic E-state index is 13.1. The van der Waals surface area contributed by atoms with Crippen molar-refractivity contribution in [2.24, 2.45) is 0 Å². The van der Waals surface area contributed by atoms with Gasteiger partial charge in [-0.1, -0.05) is 19.1 Å². The number of hydrogen-bond donors (Lipinski definition) is 1. The largest absolute Gasteiger partial charge is 0.507 e. The first-order valence-electron chi connectivity index (χ1n) is 11.3. The van der Waals surface area contributed by atoms with Gasteiger partial charge in [0.2, 0.25) is 0 Å². The lowest BCUT2D eigenvalue weighted by molar-refractivity contribution is -0.140. The predicted molar refractivity (Wildman–Crippen MR) is 125 cm³/mol. The molecule has 0 aliphatic carbocycles. The van der Waals surface area contributed by atoms with E-state index in [0.29, 0.717) is 31.9 Å². The van der Waals surface area contributed by atoms with Crippen LogP contribution in [0.15, 0.2) is 48.0 Å². The monoisotopic (exact) mass is 450 g/mol. The van der Waals surface area contributed by atoms with E-state index in [2.05, 4.69) is 0 Å². The minimum absolute atomic E-state index is 0.111. The van der Waals surface area contributed by atoms with Crippen molar-refractivity contribution in [3.8, 4) is 11.5 Å². The molecule has 1 N–H and O–H groups in total. The second-order valence-electron chi connectivity index (χ2n) is 8.63. The number of aliphatic hydroxyl groups excluding tert-OH is 1. The summed E-state index contributed by atoms with van der Waals surface area (Å²) in [5.74, 6) is 0.0897. The Hall–Kier alpha value is -3.32. The van der Waals surface area contributed by atoms with E-state index in [9.17, 15) is 14.7 Å². The summed E-state index contributed by atoms with van der Waals surface area (Å²) in [6.45, 7) is 4.21. The summed E-state index contributed by atoms with van der Waals surface area (Å²) < 4.78 is 11.2. The molecule has 2 aliphatic heterocycles. The summed E-state index contributed by atoms with van der Waals surface area (Å²) in [5, 5.41) is 11.2. The molecule has 1 amide bonds. The van der Waals surface area contributed by atoms with Crippen molar-refractivity contribution in [3.05, 3.63) is 64.7 Å². The van der Waals surface area contributed by atoms with Crippen molar-refractivity contribution in [2.45, 2.75) is 25.8 Å². The Morgan fingerprint density at radius 3 is 2.64 bits per heavy atom. The van der Waals surface area contributed by atoms with Gasteiger partial charge in [-0.3, -0.25) is 9.59 Å². The lowest BCUT2D eigenvalue weighted by Crippen LogP contribution is -2.35. The predicted octanol–water partition coefficient (Wildman–Crippen LogP) is 3.39. The van der Waals surface area contributed by atoms with Crippen LogP contribution >= 0.6 is 0 Å². The van der Waals surface area contributed by atoms with Crippen molar-refractivity contribution in [3.63, 3.8) is 0 Å². The first kappa shape index (κ1) is 22.9. The molecule has 1 saturated heterocycles. The van der Waals surface area contributed by atoms with E-state index in [-0.39, 0.29) is 11.3 Å². The summed E-state index contributed by atoms with van der Waals surface area (Å²) in [7, 11) is 3.83. The molecule has 0 radical (unpaired) electrons. The van der Waals surface area contributed by atoms with Crippen LogP contribution in [0.3, 0.4) is 0 Å². The van der Waals surface area contributed by atoms with E-state index >= 15 is 0 Å². The maximum Gasteiger partial charge on any atom is 0.295 e. The molecule has 2 aromatic rings. The van der Waals surface area contributed by atoms with Gasteiger partial charge in [0.1, 0.15) is 17.3 Å². The molecule has 174 valence electrons. The van der Waals surface area contributed by atoms with Gasteiger partial charge in [-0.15, -0.1) is 0 Å². The van der Waals surface area contributed by atoms with Gasteiger partial charge in [0.15, 0.2) is 0 Å². The Balaban J connectivity index is 1.76. The zero-order valence-electron chi connectivity index (χ0n) is 19.3. The number of carbonyl (C=O) groups is 2. The highest BCUT2D eigenvalue weighted by atomic mass is 16.5. The zero-order chi connectivity index (χ0) is 23.5. The number of aliphatic hydroxyl groups is 1. The molecule has 0 aromatic heterocycles. The molecule has 7 nitrogen and oxygen atoms in total. The van der Waals surface area contributed by atoms with Gasteiger partial charge < -0.3 is 24.4 Å². The van der Waals surface area contributed by atoms with Crippen LogP contribution in [0, 0.1) is 0 Å². The SMILES string of the molecule is CCCOc1ccc(C2/C(=C(/O)c3ccc4c(c3)CCO4)C(=O)C(=O)N2CCN(C)C)cc1. The van der Waals surface area contributed by atoms with E-state index in [4.69, 9.17) is 9.47 Å². The molecule has 0 spiro atoms. The van der Waals surface area contributed by atoms with Gasteiger partial charge in [0.25, 0.3) is 11.7 Å². The van der Waals surface area contributed by atoms with E-state index < -0.39 is 17.7 Å². The van der Waals surface area contributed by atoms with Crippen molar-refractivity contribution < 1.29 is 24.2 Å². The molecular formula is C26H30N2O5. The van der Waals surface area contributed by atoms with Crippen molar-refractivity contribution in [1.82, 2.24) is 9.80 Å². The molecule has 2 heterocycles. The Bertz CT molecular complexity index is 1070. The first-order chi connectivity index (χ1) is 15.9. The minimum atomic E-state index is -0.672. The summed E-state index contributed by atoms with van der Waals surface area (Å²) >= 11 is 0. The summed E-state index contributed by atoms with van der Waals surface area (Å²) in [4.78, 5) is 29.6. The molecule has 2 aliphatic rings. The Labute approximate surface area is 194 Å². The summed E-state index contributed by atoms with van der Waals surface area (Å²) in [6, 6.07) is 12.1. The minimum Gasteiger partial charge on any atom is -0.507 e. The number of rotatable bonds is 8. The van der Waals surface area contributed by atoms with Crippen LogP contribution in [0.1, 0.15) is 36.1 Å².